The first-order valence-corrected chi connectivity index (χ1v) is 13.1. The fraction of sp³-hybridized carbons (Fsp3) is 1.00. The Kier molecular flexibility index (Phi) is 4.77. The molecule has 0 nitrogen and oxygen atoms in total. The lowest BCUT2D eigenvalue weighted by atomic mass is 9.27. The summed E-state index contributed by atoms with van der Waals surface area (Å²) in [6, 6.07) is 0. The van der Waals surface area contributed by atoms with Gasteiger partial charge in [0.25, 0.3) is 0 Å². The lowest BCUT2D eigenvalue weighted by Crippen LogP contribution is -2.75. The van der Waals surface area contributed by atoms with E-state index in [0.29, 0.717) is 0 Å². The summed E-state index contributed by atoms with van der Waals surface area (Å²) in [4.78, 5) is 0. The zero-order chi connectivity index (χ0) is 27.6. The highest BCUT2D eigenvalue weighted by atomic mass is 79.9. The molecule has 13 heteroatoms. The summed E-state index contributed by atoms with van der Waals surface area (Å²) in [7, 11) is 0. The monoisotopic (exact) mass is 620 g/mol. The summed E-state index contributed by atoms with van der Waals surface area (Å²) < 4.78 is 174. The SMILES string of the molecule is FC(F)(F)C12CC3CC(C(F)(F)F)(C1)CC(C14CC5(Br)CC(C(F)(F)F)(CC(C(F)(F)F)(C5)C1)C4)(C3)C2. The van der Waals surface area contributed by atoms with Crippen molar-refractivity contribution < 1.29 is 52.7 Å². The number of hydrogen-bond acceptors (Lipinski definition) is 0. The summed E-state index contributed by atoms with van der Waals surface area (Å²) in [6.07, 6.45) is -28.9. The zero-order valence-corrected chi connectivity index (χ0v) is 21.1. The van der Waals surface area contributed by atoms with Gasteiger partial charge in [-0.25, -0.2) is 0 Å². The van der Waals surface area contributed by atoms with Gasteiger partial charge in [0.1, 0.15) is 0 Å². The highest BCUT2D eigenvalue weighted by molar-refractivity contribution is 9.10. The van der Waals surface area contributed by atoms with Crippen LogP contribution in [-0.4, -0.2) is 29.0 Å². The van der Waals surface area contributed by atoms with Gasteiger partial charge in [0.2, 0.25) is 0 Å². The summed E-state index contributed by atoms with van der Waals surface area (Å²) in [5, 5.41) is 0. The Bertz CT molecular complexity index is 959. The van der Waals surface area contributed by atoms with Crippen molar-refractivity contribution in [2.24, 2.45) is 38.4 Å². The molecule has 212 valence electrons. The third-order valence-electron chi connectivity index (χ3n) is 11.6. The molecule has 0 amide bonds. The van der Waals surface area contributed by atoms with Crippen LogP contribution in [0.25, 0.3) is 0 Å². The van der Waals surface area contributed by atoms with E-state index >= 15 is 0 Å². The summed E-state index contributed by atoms with van der Waals surface area (Å²) in [5.74, 6) is -1.05. The van der Waals surface area contributed by atoms with Crippen molar-refractivity contribution in [3.63, 3.8) is 0 Å². The van der Waals surface area contributed by atoms with E-state index in [1.807, 2.05) is 0 Å². The van der Waals surface area contributed by atoms with Crippen molar-refractivity contribution in [2.45, 2.75) is 106 Å². The van der Waals surface area contributed by atoms with Crippen molar-refractivity contribution in [1.29, 1.82) is 0 Å². The molecular formula is C24H25BrF12. The van der Waals surface area contributed by atoms with Crippen molar-refractivity contribution >= 4 is 15.9 Å². The molecule has 0 aliphatic heterocycles. The molecule has 8 saturated carbocycles. The van der Waals surface area contributed by atoms with Gasteiger partial charge < -0.3 is 0 Å². The first-order chi connectivity index (χ1) is 16.4. The smallest absolute Gasteiger partial charge is 0.171 e. The van der Waals surface area contributed by atoms with Crippen molar-refractivity contribution in [2.75, 3.05) is 0 Å². The summed E-state index contributed by atoms with van der Waals surface area (Å²) in [5.41, 5.74) is -15.0. The third kappa shape index (κ3) is 3.12. The minimum atomic E-state index is -5.08. The maximum Gasteiger partial charge on any atom is 0.394 e. The predicted octanol–water partition coefficient (Wildman–Crippen LogP) is 9.67. The molecule has 4 atom stereocenters. The standard InChI is InChI=1S/C24H25BrF12/c25-20-10-17(7-18(11-20,23(32,33)34)9-19(8-17,12-20)24(35,36)37)14-1-13-2-15(4-14,21(26,27)28)6-16(3-13,5-14)22(29,30)31/h13H,1-12H2. The Morgan fingerprint density at radius 1 is 0.405 bits per heavy atom. The fourth-order valence-electron chi connectivity index (χ4n) is 11.3. The highest BCUT2D eigenvalue weighted by Gasteiger charge is 2.85. The van der Waals surface area contributed by atoms with Crippen molar-refractivity contribution in [3.05, 3.63) is 0 Å². The van der Waals surface area contributed by atoms with Crippen molar-refractivity contribution in [1.82, 2.24) is 0 Å². The lowest BCUT2D eigenvalue weighted by Gasteiger charge is -2.78. The van der Waals surface area contributed by atoms with Crippen LogP contribution >= 0.6 is 15.9 Å². The average Bonchev–Trinajstić information content (AvgIpc) is 2.61. The lowest BCUT2D eigenvalue weighted by molar-refractivity contribution is -0.398. The maximum absolute atomic E-state index is 14.6. The first kappa shape index (κ1) is 26.8. The van der Waals surface area contributed by atoms with Crippen LogP contribution in [0, 0.1) is 38.4 Å². The van der Waals surface area contributed by atoms with E-state index in [0.717, 1.165) is 0 Å². The van der Waals surface area contributed by atoms with Gasteiger partial charge in [-0.1, -0.05) is 15.9 Å². The Hall–Kier alpha value is -0.360. The molecule has 8 aliphatic carbocycles. The van der Waals surface area contributed by atoms with E-state index in [2.05, 4.69) is 15.9 Å². The van der Waals surface area contributed by atoms with Gasteiger partial charge in [-0.2, -0.15) is 52.7 Å². The Morgan fingerprint density at radius 3 is 1.14 bits per heavy atom. The molecule has 0 saturated heterocycles. The third-order valence-corrected chi connectivity index (χ3v) is 12.4. The van der Waals surface area contributed by atoms with E-state index in [1.54, 1.807) is 0 Å². The maximum atomic E-state index is 14.6. The molecule has 0 aromatic carbocycles. The second-order valence-corrected chi connectivity index (χ2v) is 15.6. The molecule has 8 aliphatic rings. The molecule has 37 heavy (non-hydrogen) atoms. The van der Waals surface area contributed by atoms with Crippen LogP contribution in [0.15, 0.2) is 0 Å². The number of rotatable bonds is 1. The van der Waals surface area contributed by atoms with Crippen LogP contribution in [0.2, 0.25) is 0 Å². The van der Waals surface area contributed by atoms with Crippen LogP contribution in [0.1, 0.15) is 77.0 Å². The number of alkyl halides is 13. The van der Waals surface area contributed by atoms with E-state index in [4.69, 9.17) is 0 Å². The molecule has 8 bridgehead atoms. The molecule has 8 fully saturated rings. The second-order valence-electron chi connectivity index (χ2n) is 13.9. The van der Waals surface area contributed by atoms with E-state index in [1.165, 1.54) is 0 Å². The summed E-state index contributed by atoms with van der Waals surface area (Å²) in [6.45, 7) is 0. The molecule has 4 unspecified atom stereocenters. The quantitative estimate of drug-likeness (QED) is 0.202. The highest BCUT2D eigenvalue weighted by Crippen LogP contribution is 2.87. The Balaban J connectivity index is 1.59. The predicted molar refractivity (Wildman–Crippen MR) is 109 cm³/mol. The largest absolute Gasteiger partial charge is 0.394 e. The van der Waals surface area contributed by atoms with Gasteiger partial charge in [-0.3, -0.25) is 0 Å². The number of halogens is 13. The van der Waals surface area contributed by atoms with Gasteiger partial charge >= 0.3 is 24.7 Å². The van der Waals surface area contributed by atoms with Crippen LogP contribution in [-0.2, 0) is 0 Å². The van der Waals surface area contributed by atoms with Gasteiger partial charge in [0.15, 0.2) is 0 Å². The Labute approximate surface area is 213 Å². The molecule has 0 aromatic rings. The Morgan fingerprint density at radius 2 is 0.757 bits per heavy atom. The van der Waals surface area contributed by atoms with E-state index in [9.17, 15) is 52.7 Å². The average molecular weight is 621 g/mol. The van der Waals surface area contributed by atoms with Gasteiger partial charge in [-0.05, 0) is 93.8 Å². The van der Waals surface area contributed by atoms with Gasteiger partial charge in [0.05, 0.1) is 21.7 Å². The second kappa shape index (κ2) is 6.58. The topological polar surface area (TPSA) is 0 Å². The first-order valence-electron chi connectivity index (χ1n) is 12.4. The minimum absolute atomic E-state index is 0.187. The fourth-order valence-corrected chi connectivity index (χ4v) is 12.9. The van der Waals surface area contributed by atoms with Crippen LogP contribution < -0.4 is 0 Å². The van der Waals surface area contributed by atoms with Gasteiger partial charge in [-0.15, -0.1) is 0 Å². The van der Waals surface area contributed by atoms with E-state index < -0.39 is 132 Å². The molecule has 0 N–H and O–H groups in total. The minimum Gasteiger partial charge on any atom is -0.171 e. The zero-order valence-electron chi connectivity index (χ0n) is 19.5. The van der Waals surface area contributed by atoms with Crippen LogP contribution in [0.4, 0.5) is 52.7 Å². The van der Waals surface area contributed by atoms with Crippen LogP contribution in [0.3, 0.4) is 0 Å². The number of hydrogen-bond donors (Lipinski definition) is 0. The van der Waals surface area contributed by atoms with Crippen LogP contribution in [0.5, 0.6) is 0 Å². The molecule has 0 radical (unpaired) electrons. The van der Waals surface area contributed by atoms with E-state index in [-0.39, 0.29) is 12.8 Å². The molecule has 8 rings (SSSR count). The normalized spacial score (nSPS) is 53.3. The molecular weight excluding hydrogens is 596 g/mol. The van der Waals surface area contributed by atoms with Crippen molar-refractivity contribution in [3.8, 4) is 0 Å². The van der Waals surface area contributed by atoms with Gasteiger partial charge in [0, 0.05) is 4.32 Å². The molecule has 0 spiro atoms. The summed E-state index contributed by atoms with van der Waals surface area (Å²) >= 11 is 3.19. The molecule has 0 aromatic heterocycles. The molecule has 0 heterocycles.